The van der Waals surface area contributed by atoms with Crippen LogP contribution in [0.15, 0.2) is 0 Å². The van der Waals surface area contributed by atoms with E-state index in [1.54, 1.807) is 0 Å². The molecule has 1 saturated carbocycles. The highest BCUT2D eigenvalue weighted by molar-refractivity contribution is 4.90. The van der Waals surface area contributed by atoms with Crippen molar-refractivity contribution < 1.29 is 0 Å². The summed E-state index contributed by atoms with van der Waals surface area (Å²) in [6, 6.07) is 1.58. The van der Waals surface area contributed by atoms with Gasteiger partial charge in [0, 0.05) is 18.1 Å². The Balaban J connectivity index is 2.58. The molecule has 0 radical (unpaired) electrons. The molecule has 0 aromatic rings. The number of nitrogens with one attached hydrogen (secondary N) is 1. The highest BCUT2D eigenvalue weighted by Gasteiger charge is 2.32. The Hall–Kier alpha value is -0.0800. The van der Waals surface area contributed by atoms with Crippen LogP contribution in [0.1, 0.15) is 60.8 Å². The first-order valence-electron chi connectivity index (χ1n) is 7.88. The molecule has 1 aliphatic rings. The van der Waals surface area contributed by atoms with Gasteiger partial charge in [0.15, 0.2) is 0 Å². The Kier molecular flexibility index (Phi) is 6.13. The first-order chi connectivity index (χ1) is 8.36. The third-order valence-corrected chi connectivity index (χ3v) is 5.14. The largest absolute Gasteiger partial charge is 0.327 e. The SMILES string of the molecule is CCC(N)C(C)C(NC1CC(C)C(C)C1)C(C)C. The summed E-state index contributed by atoms with van der Waals surface area (Å²) < 4.78 is 0. The molecule has 18 heavy (non-hydrogen) atoms. The summed E-state index contributed by atoms with van der Waals surface area (Å²) in [5, 5.41) is 3.91. The summed E-state index contributed by atoms with van der Waals surface area (Å²) in [6.07, 6.45) is 3.74. The maximum atomic E-state index is 6.24. The number of rotatable bonds is 6. The fraction of sp³-hybridized carbons (Fsp3) is 1.00. The van der Waals surface area contributed by atoms with Crippen LogP contribution in [0.5, 0.6) is 0 Å². The van der Waals surface area contributed by atoms with E-state index in [-0.39, 0.29) is 0 Å². The molecule has 0 aliphatic heterocycles. The van der Waals surface area contributed by atoms with Gasteiger partial charge in [-0.2, -0.15) is 0 Å². The van der Waals surface area contributed by atoms with Crippen LogP contribution in [0.4, 0.5) is 0 Å². The second-order valence-electron chi connectivity index (χ2n) is 6.99. The minimum atomic E-state index is 0.321. The number of nitrogens with two attached hydrogens (primary N) is 1. The summed E-state index contributed by atoms with van der Waals surface area (Å²) in [6.45, 7) is 13.9. The van der Waals surface area contributed by atoms with Crippen LogP contribution in [0, 0.1) is 23.7 Å². The van der Waals surface area contributed by atoms with Crippen LogP contribution >= 0.6 is 0 Å². The van der Waals surface area contributed by atoms with Crippen molar-refractivity contribution in [2.75, 3.05) is 0 Å². The molecule has 0 heterocycles. The highest BCUT2D eigenvalue weighted by atomic mass is 15.0. The molecule has 5 atom stereocenters. The van der Waals surface area contributed by atoms with Gasteiger partial charge in [-0.1, -0.05) is 41.5 Å². The molecule has 108 valence electrons. The lowest BCUT2D eigenvalue weighted by Gasteiger charge is -2.34. The molecule has 1 rings (SSSR count). The van der Waals surface area contributed by atoms with E-state index in [4.69, 9.17) is 5.73 Å². The molecule has 5 unspecified atom stereocenters. The van der Waals surface area contributed by atoms with E-state index in [1.807, 2.05) is 0 Å². The Labute approximate surface area is 114 Å². The molecule has 3 N–H and O–H groups in total. The second kappa shape index (κ2) is 6.91. The van der Waals surface area contributed by atoms with E-state index in [0.717, 1.165) is 18.3 Å². The lowest BCUT2D eigenvalue weighted by Crippen LogP contribution is -2.49. The third kappa shape index (κ3) is 3.96. The zero-order chi connectivity index (χ0) is 13.9. The van der Waals surface area contributed by atoms with E-state index < -0.39 is 0 Å². The Morgan fingerprint density at radius 2 is 1.61 bits per heavy atom. The van der Waals surface area contributed by atoms with Crippen molar-refractivity contribution in [1.29, 1.82) is 0 Å². The molecule has 1 aliphatic carbocycles. The van der Waals surface area contributed by atoms with Crippen LogP contribution < -0.4 is 11.1 Å². The van der Waals surface area contributed by atoms with E-state index >= 15 is 0 Å². The third-order valence-electron chi connectivity index (χ3n) is 5.14. The maximum Gasteiger partial charge on any atom is 0.0133 e. The lowest BCUT2D eigenvalue weighted by molar-refractivity contribution is 0.236. The van der Waals surface area contributed by atoms with Crippen molar-refractivity contribution >= 4 is 0 Å². The van der Waals surface area contributed by atoms with Gasteiger partial charge in [0.05, 0.1) is 0 Å². The molecule has 0 aromatic carbocycles. The van der Waals surface area contributed by atoms with Gasteiger partial charge in [-0.3, -0.25) is 0 Å². The van der Waals surface area contributed by atoms with Gasteiger partial charge in [-0.25, -0.2) is 0 Å². The normalized spacial score (nSPS) is 33.7. The van der Waals surface area contributed by atoms with Gasteiger partial charge in [0.2, 0.25) is 0 Å². The lowest BCUT2D eigenvalue weighted by atomic mass is 9.85. The Morgan fingerprint density at radius 3 is 2.00 bits per heavy atom. The Morgan fingerprint density at radius 1 is 1.11 bits per heavy atom. The van der Waals surface area contributed by atoms with E-state index in [9.17, 15) is 0 Å². The summed E-state index contributed by atoms with van der Waals surface area (Å²) in [4.78, 5) is 0. The van der Waals surface area contributed by atoms with Gasteiger partial charge < -0.3 is 11.1 Å². The van der Waals surface area contributed by atoms with Crippen LogP contribution in [0.3, 0.4) is 0 Å². The molecule has 1 fully saturated rings. The van der Waals surface area contributed by atoms with Crippen molar-refractivity contribution in [3.63, 3.8) is 0 Å². The average molecular weight is 254 g/mol. The van der Waals surface area contributed by atoms with Crippen LogP contribution in [-0.2, 0) is 0 Å². The van der Waals surface area contributed by atoms with Gasteiger partial charge in [-0.15, -0.1) is 0 Å². The quantitative estimate of drug-likeness (QED) is 0.762. The van der Waals surface area contributed by atoms with Gasteiger partial charge in [0.1, 0.15) is 0 Å². The van der Waals surface area contributed by atoms with Crippen molar-refractivity contribution in [3.8, 4) is 0 Å². The minimum absolute atomic E-state index is 0.321. The zero-order valence-electron chi connectivity index (χ0n) is 13.2. The molecule has 0 saturated heterocycles. The molecule has 0 spiro atoms. The fourth-order valence-corrected chi connectivity index (χ4v) is 3.46. The number of hydrogen-bond acceptors (Lipinski definition) is 2. The maximum absolute atomic E-state index is 6.24. The predicted octanol–water partition coefficient (Wildman–Crippen LogP) is 3.41. The van der Waals surface area contributed by atoms with E-state index in [2.05, 4.69) is 46.9 Å². The topological polar surface area (TPSA) is 38.0 Å². The van der Waals surface area contributed by atoms with Crippen molar-refractivity contribution in [2.24, 2.45) is 29.4 Å². The van der Waals surface area contributed by atoms with Crippen molar-refractivity contribution in [3.05, 3.63) is 0 Å². The molecule has 2 heteroatoms. The molecular weight excluding hydrogens is 220 g/mol. The summed E-state index contributed by atoms with van der Waals surface area (Å²) >= 11 is 0. The monoisotopic (exact) mass is 254 g/mol. The summed E-state index contributed by atoms with van der Waals surface area (Å²) in [7, 11) is 0. The molecular formula is C16H34N2. The average Bonchev–Trinajstić information content (AvgIpc) is 2.63. The van der Waals surface area contributed by atoms with Gasteiger partial charge in [0.25, 0.3) is 0 Å². The molecule has 0 bridgehead atoms. The summed E-state index contributed by atoms with van der Waals surface area (Å²) in [5.41, 5.74) is 6.24. The van der Waals surface area contributed by atoms with Crippen LogP contribution in [-0.4, -0.2) is 18.1 Å². The highest BCUT2D eigenvalue weighted by Crippen LogP contribution is 2.32. The predicted molar refractivity (Wildman–Crippen MR) is 80.5 cm³/mol. The summed E-state index contributed by atoms with van der Waals surface area (Å²) in [5.74, 6) is 2.95. The smallest absolute Gasteiger partial charge is 0.0133 e. The molecule has 0 amide bonds. The fourth-order valence-electron chi connectivity index (χ4n) is 3.46. The Bertz CT molecular complexity index is 229. The second-order valence-corrected chi connectivity index (χ2v) is 6.99. The molecule has 0 aromatic heterocycles. The number of hydrogen-bond donors (Lipinski definition) is 2. The standard InChI is InChI=1S/C16H34N2/c1-7-15(17)13(6)16(10(2)3)18-14-8-11(4)12(5)9-14/h10-16,18H,7-9,17H2,1-6H3. The van der Waals surface area contributed by atoms with Crippen LogP contribution in [0.2, 0.25) is 0 Å². The van der Waals surface area contributed by atoms with Crippen molar-refractivity contribution in [1.82, 2.24) is 5.32 Å². The van der Waals surface area contributed by atoms with Crippen molar-refractivity contribution in [2.45, 2.75) is 78.9 Å². The first-order valence-corrected chi connectivity index (χ1v) is 7.88. The van der Waals surface area contributed by atoms with Gasteiger partial charge >= 0.3 is 0 Å². The zero-order valence-corrected chi connectivity index (χ0v) is 13.2. The molecule has 2 nitrogen and oxygen atoms in total. The first kappa shape index (κ1) is 16.0. The van der Waals surface area contributed by atoms with E-state index in [1.165, 1.54) is 12.8 Å². The van der Waals surface area contributed by atoms with Gasteiger partial charge in [-0.05, 0) is 42.9 Å². The minimum Gasteiger partial charge on any atom is -0.327 e. The van der Waals surface area contributed by atoms with E-state index in [0.29, 0.717) is 30.0 Å². The van der Waals surface area contributed by atoms with Crippen LogP contribution in [0.25, 0.3) is 0 Å².